The van der Waals surface area contributed by atoms with Gasteiger partial charge in [-0.2, -0.15) is 0 Å². The number of anilines is 2. The highest BCUT2D eigenvalue weighted by molar-refractivity contribution is 5.54. The summed E-state index contributed by atoms with van der Waals surface area (Å²) >= 11 is 0. The molecule has 1 aromatic carbocycles. The van der Waals surface area contributed by atoms with Gasteiger partial charge in [-0.25, -0.2) is 9.97 Å². The van der Waals surface area contributed by atoms with Gasteiger partial charge in [-0.3, -0.25) is 0 Å². The van der Waals surface area contributed by atoms with Crippen molar-refractivity contribution in [1.82, 2.24) is 14.9 Å². The van der Waals surface area contributed by atoms with Gasteiger partial charge in [0.05, 0.1) is 6.61 Å². The number of benzene rings is 1. The Morgan fingerprint density at radius 1 is 1.04 bits per heavy atom. The first-order valence-corrected chi connectivity index (χ1v) is 9.36. The van der Waals surface area contributed by atoms with Crippen LogP contribution >= 0.6 is 0 Å². The number of likely N-dealkylation sites (tertiary alicyclic amines) is 1. The summed E-state index contributed by atoms with van der Waals surface area (Å²) in [5.41, 5.74) is 0.960. The molecule has 2 heterocycles. The Bertz CT molecular complexity index is 649. The number of aromatic nitrogens is 2. The van der Waals surface area contributed by atoms with Crippen LogP contribution in [0.25, 0.3) is 0 Å². The lowest BCUT2D eigenvalue weighted by Crippen LogP contribution is -2.24. The maximum Gasteiger partial charge on any atom is 0.227 e. The maximum atomic E-state index is 5.88. The van der Waals surface area contributed by atoms with E-state index in [1.165, 1.54) is 32.4 Å². The standard InChI is InChI=1S/C20H26N4O/c1-4-16-14-24(15-17(16)5-1)12-3-13-25-19-8-6-18(7-9-19)23-20-21-10-2-11-22-20/h2,6-11,16-17H,1,3-5,12-15H2,(H,21,22,23). The summed E-state index contributed by atoms with van der Waals surface area (Å²) < 4.78 is 5.88. The highest BCUT2D eigenvalue weighted by Gasteiger charge is 2.35. The highest BCUT2D eigenvalue weighted by Crippen LogP contribution is 2.37. The molecule has 2 unspecified atom stereocenters. The Hall–Kier alpha value is -2.14. The second kappa shape index (κ2) is 7.83. The molecular formula is C20H26N4O. The predicted molar refractivity (Wildman–Crippen MR) is 99.1 cm³/mol. The fourth-order valence-electron chi connectivity index (χ4n) is 4.12. The van der Waals surface area contributed by atoms with Crippen LogP contribution in [0.4, 0.5) is 11.6 Å². The molecule has 0 bridgehead atoms. The van der Waals surface area contributed by atoms with E-state index in [0.717, 1.165) is 42.8 Å². The Kier molecular flexibility index (Phi) is 5.11. The number of ether oxygens (including phenoxy) is 1. The average molecular weight is 338 g/mol. The van der Waals surface area contributed by atoms with Crippen molar-refractivity contribution in [2.45, 2.75) is 25.7 Å². The van der Waals surface area contributed by atoms with E-state index >= 15 is 0 Å². The van der Waals surface area contributed by atoms with Crippen molar-refractivity contribution in [2.75, 3.05) is 31.6 Å². The van der Waals surface area contributed by atoms with Gasteiger partial charge < -0.3 is 15.0 Å². The predicted octanol–water partition coefficient (Wildman–Crippen LogP) is 3.72. The number of nitrogens with one attached hydrogen (secondary N) is 1. The number of fused-ring (bicyclic) bond motifs is 1. The molecule has 2 aromatic rings. The minimum Gasteiger partial charge on any atom is -0.494 e. The van der Waals surface area contributed by atoms with Gasteiger partial charge >= 0.3 is 0 Å². The third kappa shape index (κ3) is 4.28. The fourth-order valence-corrected chi connectivity index (χ4v) is 4.12. The molecule has 132 valence electrons. The van der Waals surface area contributed by atoms with Crippen molar-refractivity contribution in [3.8, 4) is 5.75 Å². The van der Waals surface area contributed by atoms with Gasteiger partial charge in [-0.05, 0) is 61.4 Å². The second-order valence-corrected chi connectivity index (χ2v) is 7.13. The largest absolute Gasteiger partial charge is 0.494 e. The van der Waals surface area contributed by atoms with E-state index in [1.54, 1.807) is 18.5 Å². The van der Waals surface area contributed by atoms with E-state index in [0.29, 0.717) is 5.95 Å². The molecule has 1 aromatic heterocycles. The molecule has 5 heteroatoms. The van der Waals surface area contributed by atoms with E-state index < -0.39 is 0 Å². The first kappa shape index (κ1) is 16.3. The molecule has 0 radical (unpaired) electrons. The molecule has 4 rings (SSSR count). The Morgan fingerprint density at radius 2 is 1.76 bits per heavy atom. The van der Waals surface area contributed by atoms with E-state index in [-0.39, 0.29) is 0 Å². The zero-order valence-corrected chi connectivity index (χ0v) is 14.6. The number of nitrogens with zero attached hydrogens (tertiary/aromatic N) is 3. The molecule has 5 nitrogen and oxygen atoms in total. The number of rotatable bonds is 7. The Labute approximate surface area is 149 Å². The van der Waals surface area contributed by atoms with Gasteiger partial charge in [-0.15, -0.1) is 0 Å². The van der Waals surface area contributed by atoms with Crippen LogP contribution in [0.2, 0.25) is 0 Å². The molecule has 1 aliphatic carbocycles. The van der Waals surface area contributed by atoms with E-state index in [9.17, 15) is 0 Å². The molecule has 1 aliphatic heterocycles. The number of hydrogen-bond acceptors (Lipinski definition) is 5. The molecule has 2 atom stereocenters. The minimum absolute atomic E-state index is 0.603. The number of hydrogen-bond donors (Lipinski definition) is 1. The molecule has 1 saturated carbocycles. The molecule has 25 heavy (non-hydrogen) atoms. The van der Waals surface area contributed by atoms with Crippen molar-refractivity contribution in [3.63, 3.8) is 0 Å². The van der Waals surface area contributed by atoms with Crippen LogP contribution in [0.1, 0.15) is 25.7 Å². The molecule has 2 aliphatic rings. The van der Waals surface area contributed by atoms with Gasteiger partial charge in [0, 0.05) is 37.7 Å². The Balaban J connectivity index is 1.17. The van der Waals surface area contributed by atoms with Crippen LogP contribution in [0, 0.1) is 11.8 Å². The molecule has 0 amide bonds. The summed E-state index contributed by atoms with van der Waals surface area (Å²) in [5, 5.41) is 3.17. The zero-order chi connectivity index (χ0) is 16.9. The molecule has 1 saturated heterocycles. The highest BCUT2D eigenvalue weighted by atomic mass is 16.5. The summed E-state index contributed by atoms with van der Waals surface area (Å²) in [6, 6.07) is 9.77. The van der Waals surface area contributed by atoms with Crippen LogP contribution in [0.5, 0.6) is 5.75 Å². The lowest BCUT2D eigenvalue weighted by molar-refractivity contribution is 0.253. The first-order valence-electron chi connectivity index (χ1n) is 9.36. The third-order valence-corrected chi connectivity index (χ3v) is 5.37. The van der Waals surface area contributed by atoms with Crippen molar-refractivity contribution >= 4 is 11.6 Å². The van der Waals surface area contributed by atoms with Crippen LogP contribution in [0.15, 0.2) is 42.7 Å². The van der Waals surface area contributed by atoms with Gasteiger partial charge in [0.25, 0.3) is 0 Å². The van der Waals surface area contributed by atoms with Crippen LogP contribution in [-0.2, 0) is 0 Å². The lowest BCUT2D eigenvalue weighted by atomic mass is 10.0. The molecule has 2 fully saturated rings. The normalized spacial score (nSPS) is 22.7. The second-order valence-electron chi connectivity index (χ2n) is 7.13. The third-order valence-electron chi connectivity index (χ3n) is 5.37. The van der Waals surface area contributed by atoms with Crippen LogP contribution in [0.3, 0.4) is 0 Å². The molecule has 0 spiro atoms. The monoisotopic (exact) mass is 338 g/mol. The van der Waals surface area contributed by atoms with Crippen molar-refractivity contribution in [2.24, 2.45) is 11.8 Å². The van der Waals surface area contributed by atoms with Crippen LogP contribution < -0.4 is 10.1 Å². The van der Waals surface area contributed by atoms with Gasteiger partial charge in [0.1, 0.15) is 5.75 Å². The fraction of sp³-hybridized carbons (Fsp3) is 0.500. The smallest absolute Gasteiger partial charge is 0.227 e. The van der Waals surface area contributed by atoms with E-state index in [1.807, 2.05) is 24.3 Å². The van der Waals surface area contributed by atoms with E-state index in [4.69, 9.17) is 4.74 Å². The zero-order valence-electron chi connectivity index (χ0n) is 14.6. The van der Waals surface area contributed by atoms with E-state index in [2.05, 4.69) is 20.2 Å². The van der Waals surface area contributed by atoms with Crippen molar-refractivity contribution < 1.29 is 4.74 Å². The topological polar surface area (TPSA) is 50.3 Å². The van der Waals surface area contributed by atoms with Crippen LogP contribution in [-0.4, -0.2) is 41.1 Å². The lowest BCUT2D eigenvalue weighted by Gasteiger charge is -2.16. The van der Waals surface area contributed by atoms with Crippen molar-refractivity contribution in [3.05, 3.63) is 42.7 Å². The van der Waals surface area contributed by atoms with Gasteiger partial charge in [-0.1, -0.05) is 6.42 Å². The van der Waals surface area contributed by atoms with Gasteiger partial charge in [0.15, 0.2) is 0 Å². The summed E-state index contributed by atoms with van der Waals surface area (Å²) in [4.78, 5) is 10.9. The summed E-state index contributed by atoms with van der Waals surface area (Å²) in [6.45, 7) is 4.57. The SMILES string of the molecule is c1cnc(Nc2ccc(OCCCN3CC4CCCC4C3)cc2)nc1. The molecular weight excluding hydrogens is 312 g/mol. The summed E-state index contributed by atoms with van der Waals surface area (Å²) in [7, 11) is 0. The minimum atomic E-state index is 0.603. The Morgan fingerprint density at radius 3 is 2.48 bits per heavy atom. The maximum absolute atomic E-state index is 5.88. The quantitative estimate of drug-likeness (QED) is 0.780. The first-order chi connectivity index (χ1) is 12.4. The average Bonchev–Trinajstić information content (AvgIpc) is 3.23. The van der Waals surface area contributed by atoms with Crippen molar-refractivity contribution in [1.29, 1.82) is 0 Å². The van der Waals surface area contributed by atoms with Gasteiger partial charge in [0.2, 0.25) is 5.95 Å². The summed E-state index contributed by atoms with van der Waals surface area (Å²) in [6.07, 6.45) is 8.89. The molecule has 1 N–H and O–H groups in total. The summed E-state index contributed by atoms with van der Waals surface area (Å²) in [5.74, 6) is 3.48.